The highest BCUT2D eigenvalue weighted by molar-refractivity contribution is 7.80. The van der Waals surface area contributed by atoms with Gasteiger partial charge < -0.3 is 20.1 Å². The van der Waals surface area contributed by atoms with Crippen molar-refractivity contribution in [2.75, 3.05) is 11.9 Å². The first-order chi connectivity index (χ1) is 18.3. The number of aryl methyl sites for hydroxylation is 3. The Bertz CT molecular complexity index is 1480. The molecular weight excluding hydrogens is 490 g/mol. The summed E-state index contributed by atoms with van der Waals surface area (Å²) in [6, 6.07) is 24.2. The smallest absolute Gasteiger partial charge is 0.226 e. The van der Waals surface area contributed by atoms with Crippen LogP contribution in [0.2, 0.25) is 0 Å². The molecule has 5 rings (SSSR count). The summed E-state index contributed by atoms with van der Waals surface area (Å²) in [5.41, 5.74) is 8.70. The fourth-order valence-electron chi connectivity index (χ4n) is 5.43. The Labute approximate surface area is 229 Å². The third kappa shape index (κ3) is 5.07. The molecule has 0 aliphatic carbocycles. The fourth-order valence-corrected chi connectivity index (χ4v) is 5.76. The molecule has 2 aromatic heterocycles. The zero-order valence-corrected chi connectivity index (χ0v) is 23.0. The number of amides is 1. The summed E-state index contributed by atoms with van der Waals surface area (Å²) < 4.78 is 2.31. The molecule has 1 amide bonds. The molecule has 0 saturated carbocycles. The van der Waals surface area contributed by atoms with Gasteiger partial charge >= 0.3 is 0 Å². The summed E-state index contributed by atoms with van der Waals surface area (Å²) in [4.78, 5) is 19.7. The molecule has 4 aromatic rings. The van der Waals surface area contributed by atoms with Crippen molar-refractivity contribution in [3.63, 3.8) is 0 Å². The van der Waals surface area contributed by atoms with Crippen LogP contribution in [0.5, 0.6) is 0 Å². The van der Waals surface area contributed by atoms with Crippen molar-refractivity contribution in [2.45, 2.75) is 46.2 Å². The van der Waals surface area contributed by atoms with E-state index in [0.717, 1.165) is 28.3 Å². The minimum Gasteiger partial charge on any atom is -0.352 e. The SMILES string of the molecule is Cc1cccc(NC(=O)CCN2C(=S)N[C@H](c3ccccn3)[C@@H]2c2cc(C)n(-c3ccccc3C)c2C)c1. The third-order valence-electron chi connectivity index (χ3n) is 7.22. The highest BCUT2D eigenvalue weighted by Crippen LogP contribution is 2.41. The van der Waals surface area contributed by atoms with Gasteiger partial charge in [0.05, 0.1) is 17.8 Å². The number of nitrogens with zero attached hydrogens (tertiary/aromatic N) is 3. The van der Waals surface area contributed by atoms with Crippen LogP contribution >= 0.6 is 12.2 Å². The first-order valence-corrected chi connectivity index (χ1v) is 13.3. The molecule has 1 saturated heterocycles. The molecule has 2 aromatic carbocycles. The Morgan fingerprint density at radius 2 is 1.79 bits per heavy atom. The van der Waals surface area contributed by atoms with Gasteiger partial charge in [-0.1, -0.05) is 36.4 Å². The van der Waals surface area contributed by atoms with E-state index in [-0.39, 0.29) is 18.0 Å². The number of carbonyl (C=O) groups is 1. The van der Waals surface area contributed by atoms with E-state index in [1.54, 1.807) is 0 Å². The third-order valence-corrected chi connectivity index (χ3v) is 7.58. The van der Waals surface area contributed by atoms with Crippen molar-refractivity contribution in [3.05, 3.63) is 113 Å². The molecule has 2 N–H and O–H groups in total. The van der Waals surface area contributed by atoms with Crippen molar-refractivity contribution in [3.8, 4) is 5.69 Å². The summed E-state index contributed by atoms with van der Waals surface area (Å²) in [6.45, 7) is 8.94. The fraction of sp³-hybridized carbons (Fsp3) is 0.258. The van der Waals surface area contributed by atoms with Gasteiger partial charge in [-0.25, -0.2) is 0 Å². The number of carbonyl (C=O) groups excluding carboxylic acids is 1. The number of pyridine rings is 1. The van der Waals surface area contributed by atoms with Crippen molar-refractivity contribution in [1.29, 1.82) is 0 Å². The normalized spacial score (nSPS) is 16.9. The maximum absolute atomic E-state index is 12.9. The minimum absolute atomic E-state index is 0.0381. The molecule has 38 heavy (non-hydrogen) atoms. The molecule has 0 unspecified atom stereocenters. The lowest BCUT2D eigenvalue weighted by atomic mass is 9.96. The first kappa shape index (κ1) is 25.7. The van der Waals surface area contributed by atoms with Crippen LogP contribution in [0.1, 0.15) is 52.3 Å². The van der Waals surface area contributed by atoms with E-state index >= 15 is 0 Å². The molecule has 1 fully saturated rings. The zero-order valence-electron chi connectivity index (χ0n) is 22.2. The predicted molar refractivity (Wildman–Crippen MR) is 157 cm³/mol. The average molecular weight is 524 g/mol. The quantitative estimate of drug-likeness (QED) is 0.286. The summed E-state index contributed by atoms with van der Waals surface area (Å²) in [7, 11) is 0. The number of hydrogen-bond donors (Lipinski definition) is 2. The van der Waals surface area contributed by atoms with E-state index in [2.05, 4.69) is 76.2 Å². The van der Waals surface area contributed by atoms with Crippen LogP contribution in [-0.4, -0.2) is 32.0 Å². The largest absolute Gasteiger partial charge is 0.352 e. The maximum Gasteiger partial charge on any atom is 0.226 e. The van der Waals surface area contributed by atoms with Gasteiger partial charge in [0.25, 0.3) is 0 Å². The number of para-hydroxylation sites is 1. The number of benzene rings is 2. The topological polar surface area (TPSA) is 62.2 Å². The van der Waals surface area contributed by atoms with E-state index in [1.807, 2.05) is 55.6 Å². The minimum atomic E-state index is -0.130. The Morgan fingerprint density at radius 1 is 1.00 bits per heavy atom. The first-order valence-electron chi connectivity index (χ1n) is 12.9. The number of hydrogen-bond acceptors (Lipinski definition) is 3. The van der Waals surface area contributed by atoms with Crippen LogP contribution in [0.3, 0.4) is 0 Å². The monoisotopic (exact) mass is 523 g/mol. The van der Waals surface area contributed by atoms with E-state index < -0.39 is 0 Å². The van der Waals surface area contributed by atoms with Gasteiger partial charge in [-0.05, 0) is 93.0 Å². The van der Waals surface area contributed by atoms with Gasteiger partial charge in [-0.3, -0.25) is 9.78 Å². The standard InChI is InChI=1S/C31H33N5OS/c1-20-10-9-12-24(18-20)33-28(37)15-17-35-30(29(34-31(35)38)26-13-7-8-16-32-26)25-19-22(3)36(23(25)4)27-14-6-5-11-21(27)2/h5-14,16,18-19,29-30H,15,17H2,1-4H3,(H,33,37)(H,34,38)/t29-,30+/m1/s1. The molecule has 3 heterocycles. The molecule has 6 nitrogen and oxygen atoms in total. The van der Waals surface area contributed by atoms with Crippen LogP contribution in [0, 0.1) is 27.7 Å². The highest BCUT2D eigenvalue weighted by Gasteiger charge is 2.41. The summed E-state index contributed by atoms with van der Waals surface area (Å²) in [5, 5.41) is 7.17. The van der Waals surface area contributed by atoms with Crippen molar-refractivity contribution >= 4 is 28.9 Å². The number of nitrogens with one attached hydrogen (secondary N) is 2. The van der Waals surface area contributed by atoms with Crippen LogP contribution in [0.15, 0.2) is 79.0 Å². The van der Waals surface area contributed by atoms with Crippen molar-refractivity contribution < 1.29 is 4.79 Å². The Morgan fingerprint density at radius 3 is 2.53 bits per heavy atom. The molecule has 0 bridgehead atoms. The Hall–Kier alpha value is -3.97. The predicted octanol–water partition coefficient (Wildman–Crippen LogP) is 6.11. The van der Waals surface area contributed by atoms with Crippen LogP contribution < -0.4 is 10.6 Å². The molecule has 0 radical (unpaired) electrons. The van der Waals surface area contributed by atoms with E-state index in [1.165, 1.54) is 16.8 Å². The number of rotatable bonds is 7. The van der Waals surface area contributed by atoms with Gasteiger partial charge in [-0.2, -0.15) is 0 Å². The van der Waals surface area contributed by atoms with E-state index in [9.17, 15) is 4.79 Å². The summed E-state index contributed by atoms with van der Waals surface area (Å²) >= 11 is 5.84. The lowest BCUT2D eigenvalue weighted by Crippen LogP contribution is -2.32. The maximum atomic E-state index is 12.9. The zero-order chi connectivity index (χ0) is 26.8. The molecule has 0 spiro atoms. The summed E-state index contributed by atoms with van der Waals surface area (Å²) in [6.07, 6.45) is 2.13. The van der Waals surface area contributed by atoms with E-state index in [4.69, 9.17) is 12.2 Å². The lowest BCUT2D eigenvalue weighted by Gasteiger charge is -2.28. The van der Waals surface area contributed by atoms with Gasteiger partial charge in [0.1, 0.15) is 0 Å². The second-order valence-electron chi connectivity index (χ2n) is 9.94. The van der Waals surface area contributed by atoms with Crippen LogP contribution in [0.25, 0.3) is 5.69 Å². The Kier molecular flexibility index (Phi) is 7.29. The van der Waals surface area contributed by atoms with Gasteiger partial charge in [-0.15, -0.1) is 0 Å². The van der Waals surface area contributed by atoms with Gasteiger partial charge in [0, 0.05) is 41.9 Å². The molecular formula is C31H33N5OS. The summed E-state index contributed by atoms with van der Waals surface area (Å²) in [5.74, 6) is -0.0381. The van der Waals surface area contributed by atoms with Gasteiger partial charge in [0.2, 0.25) is 5.91 Å². The van der Waals surface area contributed by atoms with Crippen LogP contribution in [-0.2, 0) is 4.79 Å². The molecule has 194 valence electrons. The number of thiocarbonyl (C=S) groups is 1. The molecule has 7 heteroatoms. The van der Waals surface area contributed by atoms with E-state index in [0.29, 0.717) is 18.1 Å². The Balaban J connectivity index is 1.48. The second-order valence-corrected chi connectivity index (χ2v) is 10.3. The van der Waals surface area contributed by atoms with Crippen LogP contribution in [0.4, 0.5) is 5.69 Å². The second kappa shape index (κ2) is 10.8. The highest BCUT2D eigenvalue weighted by atomic mass is 32.1. The molecule has 1 aliphatic rings. The van der Waals surface area contributed by atoms with Crippen molar-refractivity contribution in [1.82, 2.24) is 19.8 Å². The molecule has 1 aliphatic heterocycles. The van der Waals surface area contributed by atoms with Gasteiger partial charge in [0.15, 0.2) is 5.11 Å². The average Bonchev–Trinajstić information content (AvgIpc) is 3.38. The lowest BCUT2D eigenvalue weighted by molar-refractivity contribution is -0.116. The molecule has 2 atom stereocenters. The number of anilines is 1. The number of aromatic nitrogens is 2. The van der Waals surface area contributed by atoms with Crippen molar-refractivity contribution in [2.24, 2.45) is 0 Å².